The fourth-order valence-electron chi connectivity index (χ4n) is 3.68. The molecule has 1 fully saturated rings. The number of aliphatic hydroxyl groups is 1. The Bertz CT molecular complexity index is 1040. The number of esters is 1. The third kappa shape index (κ3) is 5.91. The zero-order valence-electron chi connectivity index (χ0n) is 19.7. The van der Waals surface area contributed by atoms with Crippen LogP contribution < -0.4 is 14.9 Å². The van der Waals surface area contributed by atoms with Crippen LogP contribution >= 0.6 is 7.75 Å². The highest BCUT2D eigenvalue weighted by Gasteiger charge is 2.59. The minimum atomic E-state index is -4.28. The van der Waals surface area contributed by atoms with Gasteiger partial charge >= 0.3 is 13.7 Å². The van der Waals surface area contributed by atoms with Crippen molar-refractivity contribution in [3.8, 4) is 5.75 Å². The van der Waals surface area contributed by atoms with Crippen LogP contribution in [0.2, 0.25) is 0 Å². The Labute approximate surface area is 202 Å². The average molecular weight is 513 g/mol. The summed E-state index contributed by atoms with van der Waals surface area (Å²) < 4.78 is 50.9. The monoisotopic (exact) mass is 513 g/mol. The Morgan fingerprint density at radius 2 is 2.03 bits per heavy atom. The zero-order valence-corrected chi connectivity index (χ0v) is 20.6. The van der Waals surface area contributed by atoms with Crippen LogP contribution in [0.1, 0.15) is 20.8 Å². The maximum Gasteiger partial charge on any atom is 0.459 e. The molecule has 7 atom stereocenters. The number of halogens is 1. The molecule has 5 unspecified atom stereocenters. The lowest BCUT2D eigenvalue weighted by molar-refractivity contribution is -0.142. The lowest BCUT2D eigenvalue weighted by Crippen LogP contribution is -2.51. The summed E-state index contributed by atoms with van der Waals surface area (Å²) in [7, 11) is -3.11. The predicted molar refractivity (Wildman–Crippen MR) is 122 cm³/mol. The van der Waals surface area contributed by atoms with Gasteiger partial charge in [-0.15, -0.1) is 0 Å². The van der Waals surface area contributed by atoms with Crippen LogP contribution in [0.15, 0.2) is 55.0 Å². The molecule has 0 radical (unpaired) electrons. The van der Waals surface area contributed by atoms with Crippen molar-refractivity contribution < 1.29 is 42.2 Å². The van der Waals surface area contributed by atoms with E-state index in [1.807, 2.05) is 0 Å². The van der Waals surface area contributed by atoms with E-state index in [-0.39, 0.29) is 11.6 Å². The Morgan fingerprint density at radius 3 is 2.63 bits per heavy atom. The molecule has 35 heavy (non-hydrogen) atoms. The van der Waals surface area contributed by atoms with Crippen molar-refractivity contribution in [2.75, 3.05) is 7.11 Å². The normalized spacial score (nSPS) is 29.8. The number of nitrogens with one attached hydrogen (secondary N) is 2. The van der Waals surface area contributed by atoms with Crippen LogP contribution in [0, 0.1) is 0 Å². The highest BCUT2D eigenvalue weighted by molar-refractivity contribution is 7.52. The van der Waals surface area contributed by atoms with Crippen LogP contribution in [0.3, 0.4) is 0 Å². The molecular weight excluding hydrogens is 484 g/mol. The second-order valence-corrected chi connectivity index (χ2v) is 9.94. The van der Waals surface area contributed by atoms with Gasteiger partial charge in [0, 0.05) is 12.3 Å². The maximum atomic E-state index is 15.6. The molecule has 2 aliphatic heterocycles. The quantitative estimate of drug-likeness (QED) is 0.332. The molecular formula is C22H29FN3O8P. The Kier molecular flexibility index (Phi) is 8.03. The smallest absolute Gasteiger partial charge is 0.459 e. The number of benzene rings is 1. The van der Waals surface area contributed by atoms with Gasteiger partial charge in [-0.1, -0.05) is 24.8 Å². The highest BCUT2D eigenvalue weighted by atomic mass is 31.2. The minimum absolute atomic E-state index is 0.0550. The van der Waals surface area contributed by atoms with Gasteiger partial charge in [-0.3, -0.25) is 14.1 Å². The van der Waals surface area contributed by atoms with Crippen molar-refractivity contribution in [2.24, 2.45) is 0 Å². The van der Waals surface area contributed by atoms with E-state index in [9.17, 15) is 19.3 Å². The summed E-state index contributed by atoms with van der Waals surface area (Å²) in [6, 6.07) is 7.00. The van der Waals surface area contributed by atoms with Crippen LogP contribution in [0.4, 0.5) is 4.39 Å². The number of nitrogens with zero attached hydrogens (tertiary/aromatic N) is 1. The number of ether oxygens (including phenoxy) is 2. The van der Waals surface area contributed by atoms with Gasteiger partial charge in [-0.25, -0.2) is 8.96 Å². The molecule has 11 nitrogen and oxygen atoms in total. The molecule has 1 aromatic carbocycles. The first-order valence-electron chi connectivity index (χ1n) is 10.8. The molecule has 0 spiro atoms. The summed E-state index contributed by atoms with van der Waals surface area (Å²) in [6.07, 6.45) is -3.15. The fraction of sp³-hybridized carbons (Fsp3) is 0.455. The Balaban J connectivity index is 1.83. The number of aliphatic hydroxyl groups excluding tert-OH is 1. The minimum Gasteiger partial charge on any atom is -0.468 e. The van der Waals surface area contributed by atoms with Crippen molar-refractivity contribution in [3.05, 3.63) is 55.0 Å². The number of hydrogen-bond acceptors (Lipinski definition) is 9. The van der Waals surface area contributed by atoms with Gasteiger partial charge in [0.1, 0.15) is 29.8 Å². The molecule has 1 amide bonds. The molecule has 2 aliphatic rings. The first-order valence-corrected chi connectivity index (χ1v) is 12.3. The first kappa shape index (κ1) is 26.8. The van der Waals surface area contributed by atoms with Crippen LogP contribution in [-0.2, 0) is 28.2 Å². The van der Waals surface area contributed by atoms with E-state index in [4.69, 9.17) is 13.8 Å². The fourth-order valence-corrected chi connectivity index (χ4v) is 5.37. The van der Waals surface area contributed by atoms with Gasteiger partial charge in [0.15, 0.2) is 11.9 Å². The number of rotatable bonds is 9. The number of para-hydroxylation sites is 1. The third-order valence-electron chi connectivity index (χ3n) is 5.52. The van der Waals surface area contributed by atoms with Crippen LogP contribution in [-0.4, -0.2) is 65.2 Å². The van der Waals surface area contributed by atoms with Gasteiger partial charge in [-0.05, 0) is 32.9 Å². The summed E-state index contributed by atoms with van der Waals surface area (Å²) >= 11 is 0. The molecule has 13 heteroatoms. The molecule has 3 rings (SSSR count). The summed E-state index contributed by atoms with van der Waals surface area (Å²) in [5.74, 6) is -0.925. The van der Waals surface area contributed by atoms with E-state index in [2.05, 4.69) is 21.7 Å². The lowest BCUT2D eigenvalue weighted by Gasteiger charge is -2.35. The number of methoxy groups -OCH3 is 1. The molecule has 0 saturated carbocycles. The molecule has 0 aromatic heterocycles. The highest BCUT2D eigenvalue weighted by Crippen LogP contribution is 2.48. The number of alkyl halides is 1. The number of carbonyl (C=O) groups is 2. The maximum absolute atomic E-state index is 15.6. The summed E-state index contributed by atoms with van der Waals surface area (Å²) in [5, 5.41) is 15.7. The van der Waals surface area contributed by atoms with Crippen molar-refractivity contribution >= 4 is 19.6 Å². The predicted octanol–water partition coefficient (Wildman–Crippen LogP) is 1.96. The zero-order chi connectivity index (χ0) is 26.0. The molecule has 2 heterocycles. The van der Waals surface area contributed by atoms with Crippen molar-refractivity contribution in [1.82, 2.24) is 15.3 Å². The van der Waals surface area contributed by atoms with E-state index >= 15 is 4.39 Å². The van der Waals surface area contributed by atoms with Crippen LogP contribution in [0.25, 0.3) is 0 Å². The van der Waals surface area contributed by atoms with E-state index in [0.29, 0.717) is 0 Å². The van der Waals surface area contributed by atoms with Crippen molar-refractivity contribution in [1.29, 1.82) is 0 Å². The molecule has 3 N–H and O–H groups in total. The number of carbonyl (C=O) groups excluding carboxylic acids is 2. The van der Waals surface area contributed by atoms with Crippen molar-refractivity contribution in [3.63, 3.8) is 0 Å². The third-order valence-corrected chi connectivity index (χ3v) is 7.28. The summed E-state index contributed by atoms with van der Waals surface area (Å²) in [6.45, 7) is 7.63. The summed E-state index contributed by atoms with van der Waals surface area (Å²) in [5.41, 5.74) is -2.34. The van der Waals surface area contributed by atoms with Crippen molar-refractivity contribution in [2.45, 2.75) is 57.0 Å². The van der Waals surface area contributed by atoms with Crippen LogP contribution in [0.5, 0.6) is 5.75 Å². The Hall–Kier alpha value is -2.76. The largest absolute Gasteiger partial charge is 0.468 e. The van der Waals surface area contributed by atoms with Gasteiger partial charge in [-0.2, -0.15) is 5.09 Å². The van der Waals surface area contributed by atoms with Gasteiger partial charge in [0.2, 0.25) is 0 Å². The van der Waals surface area contributed by atoms with E-state index in [1.165, 1.54) is 44.2 Å². The lowest BCUT2D eigenvalue weighted by atomic mass is 9.95. The van der Waals surface area contributed by atoms with Gasteiger partial charge in [0.05, 0.1) is 13.2 Å². The molecule has 0 bridgehead atoms. The molecule has 0 aliphatic carbocycles. The number of hydrogen-bond donors (Lipinski definition) is 3. The Morgan fingerprint density at radius 1 is 1.37 bits per heavy atom. The topological polar surface area (TPSA) is 136 Å². The average Bonchev–Trinajstić information content (AvgIpc) is 3.02. The second-order valence-electron chi connectivity index (χ2n) is 8.29. The SMILES string of the molecule is C=C1NC(=O)C=CN1[C@@H]1O[C@H](C(C)OP(=O)(NC(C)C(=O)OC)Oc2ccccc2)C(O)C1(C)F. The van der Waals surface area contributed by atoms with E-state index in [1.54, 1.807) is 18.2 Å². The molecule has 1 saturated heterocycles. The molecule has 192 valence electrons. The van der Waals surface area contributed by atoms with Gasteiger partial charge in [0.25, 0.3) is 5.91 Å². The van der Waals surface area contributed by atoms with E-state index in [0.717, 1.165) is 13.0 Å². The second kappa shape index (κ2) is 10.5. The van der Waals surface area contributed by atoms with Gasteiger partial charge < -0.3 is 29.3 Å². The van der Waals surface area contributed by atoms with E-state index < -0.39 is 55.9 Å². The first-order chi connectivity index (χ1) is 16.4. The molecule has 1 aromatic rings. The number of amides is 1. The summed E-state index contributed by atoms with van der Waals surface area (Å²) in [4.78, 5) is 24.7. The standard InChI is InChI=1S/C22H29FN3O8P/c1-13(20(29)31-5)25-35(30,34-16-9-7-6-8-10-16)33-14(2)18-19(28)22(4,23)21(32-18)26-12-11-17(27)24-15(26)3/h6-14,18-19,21,28H,3H2,1-2,4-5H3,(H,24,27)(H,25,30)/t13?,14?,18-,19?,21-,22?,35?/m1/s1.